The summed E-state index contributed by atoms with van der Waals surface area (Å²) in [5.74, 6) is 0.790. The van der Waals surface area contributed by atoms with Crippen molar-refractivity contribution in [3.05, 3.63) is 41.7 Å². The zero-order chi connectivity index (χ0) is 16.9. The van der Waals surface area contributed by atoms with Crippen molar-refractivity contribution in [2.75, 3.05) is 0 Å². The molecule has 1 atom stereocenters. The van der Waals surface area contributed by atoms with Gasteiger partial charge in [-0.2, -0.15) is 0 Å². The third kappa shape index (κ3) is 2.28. The van der Waals surface area contributed by atoms with Gasteiger partial charge < -0.3 is 14.3 Å². The molecule has 0 bridgehead atoms. The first kappa shape index (κ1) is 15.5. The number of cyclic esters (lactones) is 1. The van der Waals surface area contributed by atoms with E-state index in [1.165, 1.54) is 0 Å². The molecule has 1 aromatic carbocycles. The molecule has 2 heterocycles. The summed E-state index contributed by atoms with van der Waals surface area (Å²) < 4.78 is 11.6. The highest BCUT2D eigenvalue weighted by Crippen LogP contribution is 2.46. The lowest BCUT2D eigenvalue weighted by molar-refractivity contribution is -0.154. The minimum atomic E-state index is -0.937. The Hall–Kier alpha value is -2.07. The number of para-hydroxylation sites is 1. The van der Waals surface area contributed by atoms with Crippen molar-refractivity contribution in [3.8, 4) is 0 Å². The molecule has 1 unspecified atom stereocenters. The Bertz CT molecular complexity index is 788. The second-order valence-corrected chi connectivity index (χ2v) is 7.43. The van der Waals surface area contributed by atoms with Gasteiger partial charge in [0.15, 0.2) is 11.5 Å². The predicted octanol–water partition coefficient (Wildman–Crippen LogP) is 4.28. The SMILES string of the molecule is CC1(C)C(=O)OC(c2cc3ccccc3o2)=C(C2CCCC2)C1O. The quantitative estimate of drug-likeness (QED) is 0.837. The van der Waals surface area contributed by atoms with Crippen molar-refractivity contribution in [3.63, 3.8) is 0 Å². The number of furan rings is 1. The van der Waals surface area contributed by atoms with Gasteiger partial charge in [0.25, 0.3) is 0 Å². The molecule has 1 fully saturated rings. The summed E-state index contributed by atoms with van der Waals surface area (Å²) >= 11 is 0. The Balaban J connectivity index is 1.89. The summed E-state index contributed by atoms with van der Waals surface area (Å²) in [5, 5.41) is 11.9. The summed E-state index contributed by atoms with van der Waals surface area (Å²) in [6.45, 7) is 3.48. The number of carbonyl (C=O) groups excluding carboxylic acids is 1. The second-order valence-electron chi connectivity index (χ2n) is 7.43. The molecule has 4 heteroatoms. The Morgan fingerprint density at radius 1 is 1.17 bits per heavy atom. The molecule has 1 aliphatic carbocycles. The van der Waals surface area contributed by atoms with Crippen molar-refractivity contribution in [1.29, 1.82) is 0 Å². The topological polar surface area (TPSA) is 59.7 Å². The molecule has 0 spiro atoms. The molecule has 0 amide bonds. The smallest absolute Gasteiger partial charge is 0.320 e. The van der Waals surface area contributed by atoms with Gasteiger partial charge in [-0.05, 0) is 44.7 Å². The Labute approximate surface area is 141 Å². The van der Waals surface area contributed by atoms with Gasteiger partial charge in [-0.1, -0.05) is 31.0 Å². The molecule has 2 aliphatic rings. The number of benzene rings is 1. The molecule has 24 heavy (non-hydrogen) atoms. The van der Waals surface area contributed by atoms with E-state index in [1.807, 2.05) is 30.3 Å². The van der Waals surface area contributed by atoms with Crippen LogP contribution in [0.25, 0.3) is 16.7 Å². The van der Waals surface area contributed by atoms with Crippen LogP contribution in [0.2, 0.25) is 0 Å². The fourth-order valence-electron chi connectivity index (χ4n) is 3.84. The van der Waals surface area contributed by atoms with Gasteiger partial charge in [-0.3, -0.25) is 4.79 Å². The third-order valence-electron chi connectivity index (χ3n) is 5.41. The van der Waals surface area contributed by atoms with Crippen LogP contribution in [0.15, 0.2) is 40.3 Å². The normalized spacial score (nSPS) is 24.6. The summed E-state index contributed by atoms with van der Waals surface area (Å²) in [6.07, 6.45) is 3.48. The molecule has 1 aliphatic heterocycles. The van der Waals surface area contributed by atoms with Gasteiger partial charge >= 0.3 is 5.97 Å². The Morgan fingerprint density at radius 2 is 1.88 bits per heavy atom. The van der Waals surface area contributed by atoms with Crippen LogP contribution in [0.1, 0.15) is 45.3 Å². The minimum Gasteiger partial charge on any atom is -0.453 e. The monoisotopic (exact) mass is 326 g/mol. The summed E-state index contributed by atoms with van der Waals surface area (Å²) in [7, 11) is 0. The van der Waals surface area contributed by atoms with Crippen molar-refractivity contribution >= 4 is 22.7 Å². The lowest BCUT2D eigenvalue weighted by Gasteiger charge is -2.37. The van der Waals surface area contributed by atoms with Crippen molar-refractivity contribution < 1.29 is 19.1 Å². The van der Waals surface area contributed by atoms with Gasteiger partial charge in [-0.25, -0.2) is 0 Å². The Morgan fingerprint density at radius 3 is 2.58 bits per heavy atom. The van der Waals surface area contributed by atoms with Crippen LogP contribution < -0.4 is 0 Å². The fraction of sp³-hybridized carbons (Fsp3) is 0.450. The van der Waals surface area contributed by atoms with E-state index < -0.39 is 17.5 Å². The molecular weight excluding hydrogens is 304 g/mol. The first-order valence-corrected chi connectivity index (χ1v) is 8.62. The highest BCUT2D eigenvalue weighted by Gasteiger charge is 2.48. The molecular formula is C20H22O4. The number of hydrogen-bond acceptors (Lipinski definition) is 4. The van der Waals surface area contributed by atoms with Gasteiger partial charge in [0.2, 0.25) is 0 Å². The van der Waals surface area contributed by atoms with Gasteiger partial charge in [0.1, 0.15) is 5.58 Å². The van der Waals surface area contributed by atoms with Crippen LogP contribution in [-0.2, 0) is 9.53 Å². The molecule has 1 saturated carbocycles. The molecule has 2 aromatic rings. The summed E-state index contributed by atoms with van der Waals surface area (Å²) in [6, 6.07) is 9.59. The zero-order valence-corrected chi connectivity index (χ0v) is 14.0. The fourth-order valence-corrected chi connectivity index (χ4v) is 3.84. The maximum absolute atomic E-state index is 12.4. The van der Waals surface area contributed by atoms with Crippen LogP contribution in [-0.4, -0.2) is 17.2 Å². The Kier molecular flexibility index (Phi) is 3.53. The third-order valence-corrected chi connectivity index (χ3v) is 5.41. The highest BCUT2D eigenvalue weighted by molar-refractivity contribution is 5.89. The van der Waals surface area contributed by atoms with Crippen LogP contribution in [0, 0.1) is 11.3 Å². The number of rotatable bonds is 2. The van der Waals surface area contributed by atoms with Crippen molar-refractivity contribution in [2.24, 2.45) is 11.3 Å². The van der Waals surface area contributed by atoms with E-state index in [2.05, 4.69) is 0 Å². The second kappa shape index (κ2) is 5.49. The van der Waals surface area contributed by atoms with E-state index in [1.54, 1.807) is 13.8 Å². The molecule has 0 saturated heterocycles. The van der Waals surface area contributed by atoms with Crippen LogP contribution in [0.5, 0.6) is 0 Å². The first-order chi connectivity index (χ1) is 11.5. The minimum absolute atomic E-state index is 0.246. The maximum atomic E-state index is 12.4. The van der Waals surface area contributed by atoms with Crippen LogP contribution in [0.3, 0.4) is 0 Å². The number of hydrogen-bond donors (Lipinski definition) is 1. The largest absolute Gasteiger partial charge is 0.453 e. The van der Waals surface area contributed by atoms with E-state index in [4.69, 9.17) is 9.15 Å². The number of aliphatic hydroxyl groups is 1. The van der Waals surface area contributed by atoms with E-state index in [0.29, 0.717) is 11.5 Å². The molecule has 0 radical (unpaired) electrons. The number of esters is 1. The van der Waals surface area contributed by atoms with E-state index in [-0.39, 0.29) is 5.92 Å². The van der Waals surface area contributed by atoms with Gasteiger partial charge in [0.05, 0.1) is 11.5 Å². The number of ether oxygens (including phenoxy) is 1. The highest BCUT2D eigenvalue weighted by atomic mass is 16.6. The predicted molar refractivity (Wildman–Crippen MR) is 91.0 cm³/mol. The van der Waals surface area contributed by atoms with Crippen molar-refractivity contribution in [1.82, 2.24) is 0 Å². The molecule has 1 aromatic heterocycles. The lowest BCUT2D eigenvalue weighted by atomic mass is 9.75. The first-order valence-electron chi connectivity index (χ1n) is 8.62. The standard InChI is InChI=1S/C20H22O4/c1-20(2)18(21)16(12-7-3-4-8-12)17(24-19(20)22)15-11-13-9-5-6-10-14(13)23-15/h5-6,9-12,18,21H,3-4,7-8H2,1-2H3. The van der Waals surface area contributed by atoms with Crippen molar-refractivity contribution in [2.45, 2.75) is 45.6 Å². The maximum Gasteiger partial charge on any atom is 0.320 e. The number of fused-ring (bicyclic) bond motifs is 1. The van der Waals surface area contributed by atoms with Crippen LogP contribution >= 0.6 is 0 Å². The van der Waals surface area contributed by atoms with E-state index in [9.17, 15) is 9.90 Å². The number of aliphatic hydroxyl groups excluding tert-OH is 1. The number of carbonyl (C=O) groups is 1. The molecule has 1 N–H and O–H groups in total. The van der Waals surface area contributed by atoms with E-state index in [0.717, 1.165) is 42.2 Å². The van der Waals surface area contributed by atoms with E-state index >= 15 is 0 Å². The van der Waals surface area contributed by atoms with Gasteiger partial charge in [0, 0.05) is 11.0 Å². The molecule has 4 nitrogen and oxygen atoms in total. The lowest BCUT2D eigenvalue weighted by Crippen LogP contribution is -2.45. The summed E-state index contributed by atoms with van der Waals surface area (Å²) in [4.78, 5) is 12.4. The molecule has 126 valence electrons. The average molecular weight is 326 g/mol. The average Bonchev–Trinajstić information content (AvgIpc) is 3.21. The summed E-state index contributed by atoms with van der Waals surface area (Å²) in [5.41, 5.74) is 0.644. The molecule has 4 rings (SSSR count). The van der Waals surface area contributed by atoms with Crippen LogP contribution in [0.4, 0.5) is 0 Å². The van der Waals surface area contributed by atoms with Gasteiger partial charge in [-0.15, -0.1) is 0 Å². The zero-order valence-electron chi connectivity index (χ0n) is 14.0.